The van der Waals surface area contributed by atoms with E-state index in [2.05, 4.69) is 10.6 Å². The number of esters is 2. The number of hydrogen-bond acceptors (Lipinski definition) is 7. The van der Waals surface area contributed by atoms with Crippen LogP contribution in [0.3, 0.4) is 0 Å². The van der Waals surface area contributed by atoms with Crippen LogP contribution in [-0.2, 0) is 14.3 Å². The lowest BCUT2D eigenvalue weighted by molar-refractivity contribution is -0.385. The van der Waals surface area contributed by atoms with E-state index in [4.69, 9.17) is 9.47 Å². The molecule has 0 bridgehead atoms. The largest absolute Gasteiger partial charge is 0.463 e. The highest BCUT2D eigenvalue weighted by Crippen LogP contribution is 2.24. The van der Waals surface area contributed by atoms with Gasteiger partial charge in [-0.3, -0.25) is 10.1 Å². The Hall–Kier alpha value is -3.43. The van der Waals surface area contributed by atoms with Crippen LogP contribution in [0.4, 0.5) is 10.5 Å². The third-order valence-electron chi connectivity index (χ3n) is 3.85. The molecule has 10 heteroatoms. The molecule has 2 rings (SSSR count). The second kappa shape index (κ2) is 8.30. The maximum absolute atomic E-state index is 12.3. The maximum Gasteiger partial charge on any atom is 0.345 e. The predicted molar refractivity (Wildman–Crippen MR) is 92.9 cm³/mol. The van der Waals surface area contributed by atoms with Gasteiger partial charge in [-0.25, -0.2) is 14.4 Å². The number of rotatable bonds is 6. The Balaban J connectivity index is 2.27. The number of carbonyl (C=O) groups is 3. The van der Waals surface area contributed by atoms with E-state index < -0.39 is 35.5 Å². The summed E-state index contributed by atoms with van der Waals surface area (Å²) in [6.07, 6.45) is 0. The van der Waals surface area contributed by atoms with Crippen molar-refractivity contribution >= 4 is 23.7 Å². The minimum absolute atomic E-state index is 0.0633. The zero-order valence-corrected chi connectivity index (χ0v) is 15.0. The van der Waals surface area contributed by atoms with Gasteiger partial charge in [0.25, 0.3) is 5.69 Å². The van der Waals surface area contributed by atoms with Crippen molar-refractivity contribution in [3.8, 4) is 0 Å². The molecule has 1 aliphatic heterocycles. The van der Waals surface area contributed by atoms with Crippen LogP contribution in [0.1, 0.15) is 29.8 Å². The average Bonchev–Trinajstić information content (AvgIpc) is 2.58. The van der Waals surface area contributed by atoms with E-state index in [1.807, 2.05) is 0 Å². The maximum atomic E-state index is 12.3. The number of para-hydroxylation sites is 1. The SMILES string of the molecule is CCOC(=O)C1=C(COC(=O)c2cccc(C)c2[N+](=O)[O-])NC(=O)N[C@@H]1C. The summed E-state index contributed by atoms with van der Waals surface area (Å²) in [4.78, 5) is 46.7. The third kappa shape index (κ3) is 4.40. The number of nitrogens with one attached hydrogen (secondary N) is 2. The van der Waals surface area contributed by atoms with Crippen LogP contribution in [0, 0.1) is 17.0 Å². The summed E-state index contributed by atoms with van der Waals surface area (Å²) in [5.74, 6) is -1.60. The van der Waals surface area contributed by atoms with Crippen LogP contribution in [-0.4, -0.2) is 42.1 Å². The first-order valence-electron chi connectivity index (χ1n) is 8.15. The fraction of sp³-hybridized carbons (Fsp3) is 0.353. The minimum atomic E-state index is -0.943. The topological polar surface area (TPSA) is 137 Å². The lowest BCUT2D eigenvalue weighted by atomic mass is 10.0. The zero-order valence-electron chi connectivity index (χ0n) is 15.0. The second-order valence-electron chi connectivity index (χ2n) is 5.74. The smallest absolute Gasteiger partial charge is 0.345 e. The molecule has 2 amide bonds. The molecule has 0 spiro atoms. The van der Waals surface area contributed by atoms with E-state index in [9.17, 15) is 24.5 Å². The van der Waals surface area contributed by atoms with Crippen molar-refractivity contribution in [1.82, 2.24) is 10.6 Å². The van der Waals surface area contributed by atoms with Crippen molar-refractivity contribution in [3.63, 3.8) is 0 Å². The van der Waals surface area contributed by atoms with Gasteiger partial charge in [-0.1, -0.05) is 12.1 Å². The molecule has 0 aromatic heterocycles. The number of amides is 2. The average molecular weight is 377 g/mol. The number of nitro benzene ring substituents is 1. The Bertz CT molecular complexity index is 832. The molecule has 0 fully saturated rings. The Labute approximate surface area is 154 Å². The quantitative estimate of drug-likeness (QED) is 0.436. The van der Waals surface area contributed by atoms with Crippen LogP contribution < -0.4 is 10.6 Å². The number of nitro groups is 1. The molecule has 0 radical (unpaired) electrons. The summed E-state index contributed by atoms with van der Waals surface area (Å²) in [5, 5.41) is 16.1. The number of carbonyl (C=O) groups excluding carboxylic acids is 3. The Morgan fingerprint density at radius 3 is 2.59 bits per heavy atom. The second-order valence-corrected chi connectivity index (χ2v) is 5.74. The van der Waals surface area contributed by atoms with Gasteiger partial charge in [0.2, 0.25) is 0 Å². The van der Waals surface area contributed by atoms with Gasteiger partial charge in [0.05, 0.1) is 28.8 Å². The molecule has 27 heavy (non-hydrogen) atoms. The number of aryl methyl sites for hydroxylation is 1. The van der Waals surface area contributed by atoms with Gasteiger partial charge in [0.15, 0.2) is 0 Å². The highest BCUT2D eigenvalue weighted by atomic mass is 16.6. The summed E-state index contributed by atoms with van der Waals surface area (Å²) in [5.41, 5.74) is -0.0857. The van der Waals surface area contributed by atoms with Gasteiger partial charge in [0.1, 0.15) is 12.2 Å². The van der Waals surface area contributed by atoms with Crippen molar-refractivity contribution in [1.29, 1.82) is 0 Å². The minimum Gasteiger partial charge on any atom is -0.463 e. The van der Waals surface area contributed by atoms with Crippen molar-refractivity contribution in [2.24, 2.45) is 0 Å². The van der Waals surface area contributed by atoms with E-state index in [1.54, 1.807) is 13.8 Å². The molecular weight excluding hydrogens is 358 g/mol. The molecular formula is C17H19N3O7. The van der Waals surface area contributed by atoms with Gasteiger partial charge >= 0.3 is 18.0 Å². The standard InChI is InChI=1S/C17H19N3O7/c1-4-26-16(22)13-10(3)18-17(23)19-12(13)8-27-15(21)11-7-5-6-9(2)14(11)20(24)25/h5-7,10H,4,8H2,1-3H3,(H2,18,19,23)/t10-/m1/s1. The van der Waals surface area contributed by atoms with Crippen LogP contribution in [0.2, 0.25) is 0 Å². The first-order valence-corrected chi connectivity index (χ1v) is 8.15. The van der Waals surface area contributed by atoms with Crippen molar-refractivity contribution < 1.29 is 28.8 Å². The van der Waals surface area contributed by atoms with E-state index in [-0.39, 0.29) is 29.1 Å². The van der Waals surface area contributed by atoms with Crippen molar-refractivity contribution in [3.05, 3.63) is 50.7 Å². The number of benzene rings is 1. The highest BCUT2D eigenvalue weighted by Gasteiger charge is 2.31. The molecule has 1 aromatic carbocycles. The van der Waals surface area contributed by atoms with Gasteiger partial charge in [-0.2, -0.15) is 0 Å². The third-order valence-corrected chi connectivity index (χ3v) is 3.85. The van der Waals surface area contributed by atoms with E-state index in [0.29, 0.717) is 5.56 Å². The summed E-state index contributed by atoms with van der Waals surface area (Å²) < 4.78 is 10.1. The molecule has 1 aromatic rings. The fourth-order valence-electron chi connectivity index (χ4n) is 2.67. The van der Waals surface area contributed by atoms with Crippen LogP contribution in [0.5, 0.6) is 0 Å². The zero-order chi connectivity index (χ0) is 20.1. The Kier molecular flexibility index (Phi) is 6.11. The van der Waals surface area contributed by atoms with E-state index in [1.165, 1.54) is 25.1 Å². The van der Waals surface area contributed by atoms with Gasteiger partial charge in [-0.15, -0.1) is 0 Å². The molecule has 1 atom stereocenters. The van der Waals surface area contributed by atoms with E-state index in [0.717, 1.165) is 0 Å². The number of ether oxygens (including phenoxy) is 2. The monoisotopic (exact) mass is 377 g/mol. The van der Waals surface area contributed by atoms with Gasteiger partial charge < -0.3 is 20.1 Å². The molecule has 0 saturated carbocycles. The first kappa shape index (κ1) is 19.9. The summed E-state index contributed by atoms with van der Waals surface area (Å²) in [6.45, 7) is 4.40. The highest BCUT2D eigenvalue weighted by molar-refractivity contribution is 5.96. The number of urea groups is 1. The molecule has 0 saturated heterocycles. The predicted octanol–water partition coefficient (Wildman–Crippen LogP) is 1.58. The molecule has 1 heterocycles. The van der Waals surface area contributed by atoms with Gasteiger partial charge in [-0.05, 0) is 26.8 Å². The van der Waals surface area contributed by atoms with Crippen LogP contribution in [0.25, 0.3) is 0 Å². The molecule has 0 unspecified atom stereocenters. The lowest BCUT2D eigenvalue weighted by Crippen LogP contribution is -2.50. The Morgan fingerprint density at radius 1 is 1.26 bits per heavy atom. The first-order chi connectivity index (χ1) is 12.8. The fourth-order valence-corrected chi connectivity index (χ4v) is 2.67. The molecule has 0 aliphatic carbocycles. The lowest BCUT2D eigenvalue weighted by Gasteiger charge is -2.26. The summed E-state index contributed by atoms with van der Waals surface area (Å²) in [6, 6.07) is 3.06. The van der Waals surface area contributed by atoms with Crippen LogP contribution in [0.15, 0.2) is 29.5 Å². The Morgan fingerprint density at radius 2 is 1.96 bits per heavy atom. The molecule has 10 nitrogen and oxygen atoms in total. The molecule has 1 aliphatic rings. The summed E-state index contributed by atoms with van der Waals surface area (Å²) in [7, 11) is 0. The van der Waals surface area contributed by atoms with E-state index >= 15 is 0 Å². The van der Waals surface area contributed by atoms with Gasteiger partial charge in [0, 0.05) is 5.56 Å². The van der Waals surface area contributed by atoms with Crippen molar-refractivity contribution in [2.45, 2.75) is 26.8 Å². The number of hydrogen-bond donors (Lipinski definition) is 2. The normalized spacial score (nSPS) is 16.3. The molecule has 2 N–H and O–H groups in total. The van der Waals surface area contributed by atoms with Crippen molar-refractivity contribution in [2.75, 3.05) is 13.2 Å². The van der Waals surface area contributed by atoms with Crippen LogP contribution >= 0.6 is 0 Å². The summed E-state index contributed by atoms with van der Waals surface area (Å²) >= 11 is 0. The molecule has 144 valence electrons. The number of nitrogens with zero attached hydrogens (tertiary/aromatic N) is 1.